The summed E-state index contributed by atoms with van der Waals surface area (Å²) < 4.78 is 25.2. The number of terminal acetylenes is 1. The molecular weight excluding hydrogens is 407 g/mol. The highest BCUT2D eigenvalue weighted by Crippen LogP contribution is 2.30. The highest BCUT2D eigenvalue weighted by atomic mass is 32.1. The smallest absolute Gasteiger partial charge is 0.270 e. The number of anilines is 1. The number of rotatable bonds is 6. The van der Waals surface area contributed by atoms with E-state index in [9.17, 15) is 14.0 Å². The summed E-state index contributed by atoms with van der Waals surface area (Å²) in [6.07, 6.45) is 6.59. The fraction of sp³-hybridized carbons (Fsp3) is 0.136. The Morgan fingerprint density at radius 2 is 1.97 bits per heavy atom. The fourth-order valence-corrected chi connectivity index (χ4v) is 3.07. The van der Waals surface area contributed by atoms with Crippen LogP contribution in [0, 0.1) is 18.2 Å². The number of halogens is 1. The van der Waals surface area contributed by atoms with Gasteiger partial charge in [0, 0.05) is 0 Å². The molecular formula is C22H17FN2O4S. The zero-order chi connectivity index (χ0) is 21.7. The van der Waals surface area contributed by atoms with Gasteiger partial charge in [0.15, 0.2) is 16.6 Å². The van der Waals surface area contributed by atoms with Crippen molar-refractivity contribution in [3.63, 3.8) is 0 Å². The molecule has 0 unspecified atom stereocenters. The number of hydrogen-bond acceptors (Lipinski definition) is 5. The van der Waals surface area contributed by atoms with Crippen molar-refractivity contribution in [2.45, 2.75) is 6.92 Å². The largest absolute Gasteiger partial charge is 0.490 e. The van der Waals surface area contributed by atoms with Gasteiger partial charge in [-0.3, -0.25) is 14.9 Å². The van der Waals surface area contributed by atoms with Gasteiger partial charge >= 0.3 is 0 Å². The van der Waals surface area contributed by atoms with Gasteiger partial charge in [-0.15, -0.1) is 6.42 Å². The summed E-state index contributed by atoms with van der Waals surface area (Å²) in [6.45, 7) is 2.25. The van der Waals surface area contributed by atoms with Crippen molar-refractivity contribution < 1.29 is 23.5 Å². The predicted molar refractivity (Wildman–Crippen MR) is 115 cm³/mol. The molecule has 0 aromatic heterocycles. The van der Waals surface area contributed by atoms with Crippen LogP contribution in [0.15, 0.2) is 48.0 Å². The molecule has 1 aliphatic heterocycles. The molecule has 152 valence electrons. The molecule has 0 spiro atoms. The minimum Gasteiger partial charge on any atom is -0.490 e. The van der Waals surface area contributed by atoms with Gasteiger partial charge in [-0.05, 0) is 55.0 Å². The number of amides is 2. The number of nitrogens with zero attached hydrogens (tertiary/aromatic N) is 1. The molecule has 2 amide bonds. The summed E-state index contributed by atoms with van der Waals surface area (Å²) in [7, 11) is 0. The van der Waals surface area contributed by atoms with Crippen LogP contribution >= 0.6 is 12.2 Å². The lowest BCUT2D eigenvalue weighted by Gasteiger charge is -2.29. The highest BCUT2D eigenvalue weighted by molar-refractivity contribution is 7.80. The molecule has 30 heavy (non-hydrogen) atoms. The second-order valence-corrected chi connectivity index (χ2v) is 6.43. The Bertz CT molecular complexity index is 1090. The molecule has 0 aliphatic carbocycles. The van der Waals surface area contributed by atoms with E-state index in [-0.39, 0.29) is 23.0 Å². The van der Waals surface area contributed by atoms with Crippen LogP contribution in [0.4, 0.5) is 10.1 Å². The monoisotopic (exact) mass is 424 g/mol. The number of para-hydroxylation sites is 1. The van der Waals surface area contributed by atoms with E-state index < -0.39 is 17.6 Å². The van der Waals surface area contributed by atoms with Crippen molar-refractivity contribution in [2.75, 3.05) is 18.1 Å². The molecule has 2 aromatic carbocycles. The number of nitrogens with one attached hydrogen (secondary N) is 1. The maximum absolute atomic E-state index is 14.2. The third-order valence-corrected chi connectivity index (χ3v) is 4.37. The zero-order valence-corrected chi connectivity index (χ0v) is 16.8. The Hall–Kier alpha value is -3.70. The Labute approximate surface area is 178 Å². The molecule has 0 atom stereocenters. The van der Waals surface area contributed by atoms with E-state index in [1.165, 1.54) is 24.3 Å². The van der Waals surface area contributed by atoms with E-state index in [0.717, 1.165) is 4.90 Å². The molecule has 3 rings (SSSR count). The van der Waals surface area contributed by atoms with Crippen LogP contribution in [0.1, 0.15) is 12.5 Å². The third kappa shape index (κ3) is 4.31. The first-order valence-electron chi connectivity index (χ1n) is 8.95. The van der Waals surface area contributed by atoms with E-state index in [2.05, 4.69) is 11.2 Å². The van der Waals surface area contributed by atoms with Crippen LogP contribution in [0.5, 0.6) is 11.5 Å². The van der Waals surface area contributed by atoms with Crippen LogP contribution in [-0.2, 0) is 9.59 Å². The molecule has 0 saturated carbocycles. The standard InChI is InChI=1S/C22H17FN2O4S/c1-3-11-29-18-10-9-14(13-19(18)28-4-2)12-15-20(26)24-22(30)25(21(15)27)17-8-6-5-7-16(17)23/h1,5-10,12-13H,4,11H2,2H3,(H,24,26,30)/b15-12+. The number of thiocarbonyl (C=S) groups is 1. The lowest BCUT2D eigenvalue weighted by atomic mass is 10.1. The molecule has 1 aliphatic rings. The van der Waals surface area contributed by atoms with E-state index in [1.54, 1.807) is 31.2 Å². The van der Waals surface area contributed by atoms with Gasteiger partial charge < -0.3 is 9.47 Å². The first-order chi connectivity index (χ1) is 14.5. The van der Waals surface area contributed by atoms with Gasteiger partial charge in [-0.2, -0.15) is 0 Å². The SMILES string of the molecule is C#CCOc1ccc(/C=C2\C(=O)NC(=S)N(c3ccccc3F)C2=O)cc1OCC. The number of carbonyl (C=O) groups is 2. The minimum absolute atomic E-state index is 0.0496. The molecule has 1 saturated heterocycles. The Morgan fingerprint density at radius 1 is 1.20 bits per heavy atom. The molecule has 8 heteroatoms. The molecule has 6 nitrogen and oxygen atoms in total. The number of benzene rings is 2. The first-order valence-corrected chi connectivity index (χ1v) is 9.36. The number of carbonyl (C=O) groups excluding carboxylic acids is 2. The molecule has 1 fully saturated rings. The summed E-state index contributed by atoms with van der Waals surface area (Å²) in [5.41, 5.74) is 0.254. The Morgan fingerprint density at radius 3 is 2.67 bits per heavy atom. The summed E-state index contributed by atoms with van der Waals surface area (Å²) in [5, 5.41) is 2.23. The van der Waals surface area contributed by atoms with Crippen molar-refractivity contribution in [3.8, 4) is 23.8 Å². The van der Waals surface area contributed by atoms with Crippen molar-refractivity contribution in [2.24, 2.45) is 0 Å². The van der Waals surface area contributed by atoms with Gasteiger partial charge in [0.1, 0.15) is 18.0 Å². The Kier molecular flexibility index (Phi) is 6.45. The lowest BCUT2D eigenvalue weighted by Crippen LogP contribution is -2.54. The van der Waals surface area contributed by atoms with Crippen LogP contribution in [0.25, 0.3) is 6.08 Å². The van der Waals surface area contributed by atoms with Crippen molar-refractivity contribution in [1.29, 1.82) is 0 Å². The quantitative estimate of drug-likeness (QED) is 0.334. The topological polar surface area (TPSA) is 67.9 Å². The predicted octanol–water partition coefficient (Wildman–Crippen LogP) is 3.07. The summed E-state index contributed by atoms with van der Waals surface area (Å²) in [5.74, 6) is 1.16. The third-order valence-electron chi connectivity index (χ3n) is 4.08. The number of ether oxygens (including phenoxy) is 2. The highest BCUT2D eigenvalue weighted by Gasteiger charge is 2.35. The van der Waals surface area contributed by atoms with Crippen molar-refractivity contribution >= 4 is 40.9 Å². The van der Waals surface area contributed by atoms with Gasteiger partial charge in [-0.25, -0.2) is 9.29 Å². The molecule has 0 bridgehead atoms. The zero-order valence-electron chi connectivity index (χ0n) is 16.0. The average Bonchev–Trinajstić information content (AvgIpc) is 2.72. The van der Waals surface area contributed by atoms with E-state index in [1.807, 2.05) is 0 Å². The van der Waals surface area contributed by atoms with Crippen LogP contribution in [0.2, 0.25) is 0 Å². The van der Waals surface area contributed by atoms with Crippen LogP contribution < -0.4 is 19.7 Å². The maximum Gasteiger partial charge on any atom is 0.270 e. The van der Waals surface area contributed by atoms with Gasteiger partial charge in [0.2, 0.25) is 0 Å². The van der Waals surface area contributed by atoms with Crippen LogP contribution in [-0.4, -0.2) is 30.1 Å². The number of hydrogen-bond donors (Lipinski definition) is 1. The summed E-state index contributed by atoms with van der Waals surface area (Å²) >= 11 is 5.08. The van der Waals surface area contributed by atoms with Crippen molar-refractivity contribution in [1.82, 2.24) is 5.32 Å². The van der Waals surface area contributed by atoms with Gasteiger partial charge in [0.05, 0.1) is 12.3 Å². The van der Waals surface area contributed by atoms with E-state index >= 15 is 0 Å². The molecule has 0 radical (unpaired) electrons. The normalized spacial score (nSPS) is 15.0. The average molecular weight is 424 g/mol. The lowest BCUT2D eigenvalue weighted by molar-refractivity contribution is -0.122. The molecule has 1 heterocycles. The first kappa shape index (κ1) is 21.0. The van der Waals surface area contributed by atoms with Crippen LogP contribution in [0.3, 0.4) is 0 Å². The minimum atomic E-state index is -0.737. The second kappa shape index (κ2) is 9.20. The fourth-order valence-electron chi connectivity index (χ4n) is 2.80. The van der Waals surface area contributed by atoms with Gasteiger partial charge in [0.25, 0.3) is 11.8 Å². The Balaban J connectivity index is 1.99. The van der Waals surface area contributed by atoms with Gasteiger partial charge in [-0.1, -0.05) is 24.1 Å². The molecule has 1 N–H and O–H groups in total. The maximum atomic E-state index is 14.2. The second-order valence-electron chi connectivity index (χ2n) is 6.04. The molecule has 2 aromatic rings. The van der Waals surface area contributed by atoms with E-state index in [4.69, 9.17) is 28.1 Å². The summed E-state index contributed by atoms with van der Waals surface area (Å²) in [6, 6.07) is 10.5. The van der Waals surface area contributed by atoms with Crippen molar-refractivity contribution in [3.05, 3.63) is 59.4 Å². The van der Waals surface area contributed by atoms with E-state index in [0.29, 0.717) is 23.7 Å². The summed E-state index contributed by atoms with van der Waals surface area (Å²) in [4.78, 5) is 26.4.